The number of rotatable bonds is 2. The second-order valence-corrected chi connectivity index (χ2v) is 4.15. The van der Waals surface area contributed by atoms with Crippen LogP contribution in [-0.2, 0) is 9.53 Å². The van der Waals surface area contributed by atoms with E-state index in [1.54, 1.807) is 11.8 Å². The molecule has 1 aromatic carbocycles. The maximum absolute atomic E-state index is 11.6. The third-order valence-electron chi connectivity index (χ3n) is 3.04. The lowest BCUT2D eigenvalue weighted by molar-refractivity contribution is -0.135. The predicted molar refractivity (Wildman–Crippen MR) is 66.3 cm³/mol. The zero-order valence-corrected chi connectivity index (χ0v) is 10.4. The molecule has 0 bridgehead atoms. The number of amidine groups is 1. The Bertz CT molecular complexity index is 459. The average Bonchev–Trinajstić information content (AvgIpc) is 3.03. The minimum Gasteiger partial charge on any atom is -0.460 e. The number of nitrogens with zero attached hydrogens (tertiary/aromatic N) is 2. The highest BCUT2D eigenvalue weighted by Gasteiger charge is 2.49. The third kappa shape index (κ3) is 2.16. The normalized spacial score (nSPS) is 22.8. The number of carbonyl (C=O) groups is 1. The minimum absolute atomic E-state index is 0.0294. The molecule has 5 nitrogen and oxygen atoms in total. The van der Waals surface area contributed by atoms with Crippen molar-refractivity contribution in [2.45, 2.75) is 25.9 Å². The van der Waals surface area contributed by atoms with Crippen LogP contribution < -0.4 is 0 Å². The van der Waals surface area contributed by atoms with E-state index in [2.05, 4.69) is 5.16 Å². The molecule has 1 heterocycles. The van der Waals surface area contributed by atoms with Gasteiger partial charge in [-0.25, -0.2) is 4.79 Å². The molecule has 1 aliphatic rings. The van der Waals surface area contributed by atoms with Crippen LogP contribution in [0, 0.1) is 0 Å². The Morgan fingerprint density at radius 3 is 2.67 bits per heavy atom. The molecular weight excluding hydrogens is 232 g/mol. The van der Waals surface area contributed by atoms with Gasteiger partial charge in [0.25, 0.3) is 5.84 Å². The van der Waals surface area contributed by atoms with E-state index in [4.69, 9.17) is 9.94 Å². The number of esters is 1. The summed E-state index contributed by atoms with van der Waals surface area (Å²) >= 11 is 0. The van der Waals surface area contributed by atoms with Gasteiger partial charge in [0.05, 0.1) is 18.7 Å². The molecule has 1 fully saturated rings. The van der Waals surface area contributed by atoms with E-state index in [0.717, 1.165) is 5.56 Å². The van der Waals surface area contributed by atoms with Crippen LogP contribution in [0.4, 0.5) is 0 Å². The first kappa shape index (κ1) is 12.4. The van der Waals surface area contributed by atoms with Gasteiger partial charge in [0.15, 0.2) is 0 Å². The Balaban J connectivity index is 2.14. The Kier molecular flexibility index (Phi) is 3.50. The van der Waals surface area contributed by atoms with Gasteiger partial charge in [0, 0.05) is 0 Å². The third-order valence-corrected chi connectivity index (χ3v) is 3.04. The van der Waals surface area contributed by atoms with E-state index in [1.165, 1.54) is 0 Å². The van der Waals surface area contributed by atoms with Gasteiger partial charge in [0.2, 0.25) is 0 Å². The second kappa shape index (κ2) is 5.08. The zero-order chi connectivity index (χ0) is 13.1. The molecule has 1 aromatic rings. The Labute approximate surface area is 106 Å². The molecule has 0 aliphatic carbocycles. The fourth-order valence-electron chi connectivity index (χ4n) is 2.16. The lowest BCUT2D eigenvalue weighted by Gasteiger charge is -2.07. The number of ether oxygens (including phenoxy) is 1. The fraction of sp³-hybridized carbons (Fsp3) is 0.385. The van der Waals surface area contributed by atoms with Crippen LogP contribution in [0.1, 0.15) is 25.5 Å². The summed E-state index contributed by atoms with van der Waals surface area (Å²) in [7, 11) is 0. The number of carbonyl (C=O) groups excluding carboxylic acids is 1. The van der Waals surface area contributed by atoms with Crippen LogP contribution in [0.25, 0.3) is 0 Å². The number of hydrogen-bond donors (Lipinski definition) is 1. The van der Waals surface area contributed by atoms with E-state index in [1.807, 2.05) is 37.3 Å². The Morgan fingerprint density at radius 1 is 1.44 bits per heavy atom. The number of benzene rings is 1. The summed E-state index contributed by atoms with van der Waals surface area (Å²) in [4.78, 5) is 13.4. The molecular formula is C13H16N2O3. The Hall–Kier alpha value is -2.04. The molecule has 1 saturated heterocycles. The molecule has 96 valence electrons. The number of hydrogen-bond acceptors (Lipinski definition) is 4. The van der Waals surface area contributed by atoms with E-state index < -0.39 is 5.97 Å². The predicted octanol–water partition coefficient (Wildman–Crippen LogP) is 1.78. The first-order chi connectivity index (χ1) is 8.70. The summed E-state index contributed by atoms with van der Waals surface area (Å²) in [5, 5.41) is 12.0. The van der Waals surface area contributed by atoms with Gasteiger partial charge in [0.1, 0.15) is 0 Å². The monoisotopic (exact) mass is 248 g/mol. The molecule has 2 rings (SSSR count). The average molecular weight is 248 g/mol. The van der Waals surface area contributed by atoms with E-state index in [-0.39, 0.29) is 24.5 Å². The molecule has 18 heavy (non-hydrogen) atoms. The minimum atomic E-state index is -0.592. The second-order valence-electron chi connectivity index (χ2n) is 4.15. The van der Waals surface area contributed by atoms with E-state index in [0.29, 0.717) is 0 Å². The largest absolute Gasteiger partial charge is 0.460 e. The summed E-state index contributed by atoms with van der Waals surface area (Å²) in [6, 6.07) is 10.00. The molecule has 0 spiro atoms. The van der Waals surface area contributed by atoms with Gasteiger partial charge >= 0.3 is 5.97 Å². The summed E-state index contributed by atoms with van der Waals surface area (Å²) < 4.78 is 4.86. The number of oxime groups is 1. The highest BCUT2D eigenvalue weighted by molar-refractivity contribution is 6.35. The molecule has 0 radical (unpaired) electrons. The van der Waals surface area contributed by atoms with Crippen molar-refractivity contribution in [1.82, 2.24) is 4.90 Å². The van der Waals surface area contributed by atoms with Gasteiger partial charge < -0.3 is 14.8 Å². The maximum atomic E-state index is 11.6. The van der Waals surface area contributed by atoms with Crippen molar-refractivity contribution in [3.05, 3.63) is 35.9 Å². The van der Waals surface area contributed by atoms with Crippen LogP contribution in [0.2, 0.25) is 0 Å². The van der Waals surface area contributed by atoms with Crippen molar-refractivity contribution in [3.8, 4) is 0 Å². The quantitative estimate of drug-likeness (QED) is 0.216. The first-order valence-electron chi connectivity index (χ1n) is 5.93. The SMILES string of the molecule is CCOC(=O)/C(=N/O)N1[C@H](c2ccccc2)[C@@H]1C. The summed E-state index contributed by atoms with van der Waals surface area (Å²) in [5.74, 6) is -0.622. The van der Waals surface area contributed by atoms with Crippen molar-refractivity contribution in [2.75, 3.05) is 6.61 Å². The highest BCUT2D eigenvalue weighted by atomic mass is 16.5. The molecule has 1 N–H and O–H groups in total. The van der Waals surface area contributed by atoms with Gasteiger partial charge in [-0.1, -0.05) is 35.5 Å². The van der Waals surface area contributed by atoms with Gasteiger partial charge in [-0.15, -0.1) is 0 Å². The summed E-state index contributed by atoms with van der Waals surface area (Å²) in [6.07, 6.45) is 0. The van der Waals surface area contributed by atoms with Gasteiger partial charge in [-0.05, 0) is 19.4 Å². The molecule has 5 heteroatoms. The molecule has 1 aliphatic heterocycles. The van der Waals surface area contributed by atoms with Crippen LogP contribution >= 0.6 is 0 Å². The van der Waals surface area contributed by atoms with Crippen LogP contribution in [0.3, 0.4) is 0 Å². The topological polar surface area (TPSA) is 61.9 Å². The van der Waals surface area contributed by atoms with Gasteiger partial charge in [-0.2, -0.15) is 0 Å². The molecule has 0 aromatic heterocycles. The van der Waals surface area contributed by atoms with Crippen molar-refractivity contribution < 1.29 is 14.7 Å². The lowest BCUT2D eigenvalue weighted by atomic mass is 10.1. The summed E-state index contributed by atoms with van der Waals surface area (Å²) in [5.41, 5.74) is 1.09. The summed E-state index contributed by atoms with van der Waals surface area (Å²) in [6.45, 7) is 3.95. The molecule has 0 unspecified atom stereocenters. The van der Waals surface area contributed by atoms with Crippen molar-refractivity contribution >= 4 is 11.8 Å². The standard InChI is InChI=1S/C13H16N2O3/c1-3-18-13(16)12(14-17)15-9(2)11(15)10-7-5-4-6-8-10/h4-9,11,17H,3H2,1-2H3/b14-12-/t9-,11-,15?/m0/s1. The fourth-order valence-corrected chi connectivity index (χ4v) is 2.16. The van der Waals surface area contributed by atoms with Gasteiger partial charge in [-0.3, -0.25) is 0 Å². The highest BCUT2D eigenvalue weighted by Crippen LogP contribution is 2.43. The molecule has 0 amide bonds. The van der Waals surface area contributed by atoms with Crippen molar-refractivity contribution in [3.63, 3.8) is 0 Å². The van der Waals surface area contributed by atoms with E-state index >= 15 is 0 Å². The van der Waals surface area contributed by atoms with Crippen molar-refractivity contribution in [2.24, 2.45) is 5.16 Å². The van der Waals surface area contributed by atoms with E-state index in [9.17, 15) is 4.79 Å². The lowest BCUT2D eigenvalue weighted by Crippen LogP contribution is -2.26. The molecule has 2 atom stereocenters. The smallest absolute Gasteiger partial charge is 0.377 e. The Morgan fingerprint density at radius 2 is 2.11 bits per heavy atom. The van der Waals surface area contributed by atoms with Crippen molar-refractivity contribution in [1.29, 1.82) is 0 Å². The zero-order valence-electron chi connectivity index (χ0n) is 10.4. The van der Waals surface area contributed by atoms with Crippen LogP contribution in [0.5, 0.6) is 0 Å². The van der Waals surface area contributed by atoms with Crippen LogP contribution in [0.15, 0.2) is 35.5 Å². The first-order valence-corrected chi connectivity index (χ1v) is 5.93. The molecule has 0 saturated carbocycles. The van der Waals surface area contributed by atoms with Crippen LogP contribution in [-0.4, -0.2) is 34.6 Å². The maximum Gasteiger partial charge on any atom is 0.377 e.